The minimum absolute atomic E-state index is 0.368. The van der Waals surface area contributed by atoms with Crippen LogP contribution in [0, 0.1) is 6.92 Å². The molecule has 0 spiro atoms. The predicted octanol–water partition coefficient (Wildman–Crippen LogP) is 3.23. The van der Waals surface area contributed by atoms with Crippen molar-refractivity contribution in [1.29, 1.82) is 0 Å². The van der Waals surface area contributed by atoms with Crippen molar-refractivity contribution in [3.63, 3.8) is 0 Å². The third kappa shape index (κ3) is 4.23. The van der Waals surface area contributed by atoms with Crippen molar-refractivity contribution in [3.8, 4) is 5.88 Å². The molecule has 0 aliphatic rings. The molecule has 0 saturated heterocycles. The third-order valence-electron chi connectivity index (χ3n) is 3.18. The fourth-order valence-electron chi connectivity index (χ4n) is 1.94. The SMILES string of the molecule is COc1ccc(CCC(C)Nc2ccc(C)cn2)cn1. The van der Waals surface area contributed by atoms with Crippen molar-refractivity contribution in [3.05, 3.63) is 47.8 Å². The molecule has 20 heavy (non-hydrogen) atoms. The Hall–Kier alpha value is -2.10. The molecule has 1 atom stereocenters. The van der Waals surface area contributed by atoms with Crippen LogP contribution in [0.2, 0.25) is 0 Å². The fourth-order valence-corrected chi connectivity index (χ4v) is 1.94. The monoisotopic (exact) mass is 271 g/mol. The van der Waals surface area contributed by atoms with Crippen LogP contribution in [0.3, 0.4) is 0 Å². The van der Waals surface area contributed by atoms with E-state index in [4.69, 9.17) is 4.74 Å². The molecule has 2 aromatic rings. The molecule has 4 heteroatoms. The largest absolute Gasteiger partial charge is 0.481 e. The van der Waals surface area contributed by atoms with Crippen molar-refractivity contribution in [2.24, 2.45) is 0 Å². The summed E-state index contributed by atoms with van der Waals surface area (Å²) in [6.07, 6.45) is 5.76. The first-order valence-electron chi connectivity index (χ1n) is 6.85. The van der Waals surface area contributed by atoms with Crippen LogP contribution in [-0.2, 0) is 6.42 Å². The number of methoxy groups -OCH3 is 1. The van der Waals surface area contributed by atoms with Crippen molar-refractivity contribution >= 4 is 5.82 Å². The van der Waals surface area contributed by atoms with Gasteiger partial charge in [-0.05, 0) is 43.9 Å². The topological polar surface area (TPSA) is 47.0 Å². The van der Waals surface area contributed by atoms with Gasteiger partial charge >= 0.3 is 0 Å². The Balaban J connectivity index is 1.82. The predicted molar refractivity (Wildman–Crippen MR) is 81.2 cm³/mol. The molecule has 0 fully saturated rings. The maximum Gasteiger partial charge on any atom is 0.212 e. The fraction of sp³-hybridized carbons (Fsp3) is 0.375. The maximum atomic E-state index is 5.05. The standard InChI is InChI=1S/C16H21N3O/c1-12-4-8-15(17-10-12)19-13(2)5-6-14-7-9-16(20-3)18-11-14/h4,7-11,13H,5-6H2,1-3H3,(H,17,19). The molecule has 106 valence electrons. The van der Waals surface area contributed by atoms with E-state index in [1.54, 1.807) is 7.11 Å². The summed E-state index contributed by atoms with van der Waals surface area (Å²) in [7, 11) is 1.63. The molecule has 0 radical (unpaired) electrons. The molecular weight excluding hydrogens is 250 g/mol. The smallest absolute Gasteiger partial charge is 0.212 e. The number of hydrogen-bond donors (Lipinski definition) is 1. The number of anilines is 1. The number of nitrogens with one attached hydrogen (secondary N) is 1. The van der Waals surface area contributed by atoms with Gasteiger partial charge in [-0.3, -0.25) is 0 Å². The number of ether oxygens (including phenoxy) is 1. The van der Waals surface area contributed by atoms with E-state index in [1.165, 1.54) is 11.1 Å². The first-order valence-corrected chi connectivity index (χ1v) is 6.85. The zero-order valence-electron chi connectivity index (χ0n) is 12.3. The Morgan fingerprint density at radius 3 is 2.60 bits per heavy atom. The molecule has 0 saturated carbocycles. The van der Waals surface area contributed by atoms with Crippen molar-refractivity contribution in [1.82, 2.24) is 9.97 Å². The lowest BCUT2D eigenvalue weighted by Gasteiger charge is -2.14. The highest BCUT2D eigenvalue weighted by Crippen LogP contribution is 2.12. The molecule has 2 aromatic heterocycles. The highest BCUT2D eigenvalue weighted by atomic mass is 16.5. The summed E-state index contributed by atoms with van der Waals surface area (Å²) < 4.78 is 5.05. The van der Waals surface area contributed by atoms with Crippen LogP contribution in [-0.4, -0.2) is 23.1 Å². The van der Waals surface area contributed by atoms with Gasteiger partial charge < -0.3 is 10.1 Å². The highest BCUT2D eigenvalue weighted by Gasteiger charge is 2.04. The Morgan fingerprint density at radius 2 is 2.00 bits per heavy atom. The Bertz CT molecular complexity index is 522. The van der Waals surface area contributed by atoms with E-state index in [-0.39, 0.29) is 0 Å². The van der Waals surface area contributed by atoms with Crippen LogP contribution < -0.4 is 10.1 Å². The quantitative estimate of drug-likeness (QED) is 0.876. The lowest BCUT2D eigenvalue weighted by Crippen LogP contribution is -2.16. The number of aryl methyl sites for hydroxylation is 2. The second-order valence-electron chi connectivity index (χ2n) is 5.01. The van der Waals surface area contributed by atoms with Crippen LogP contribution in [0.25, 0.3) is 0 Å². The van der Waals surface area contributed by atoms with Gasteiger partial charge in [0.1, 0.15) is 5.82 Å². The van der Waals surface area contributed by atoms with E-state index in [0.717, 1.165) is 18.7 Å². The average molecular weight is 271 g/mol. The lowest BCUT2D eigenvalue weighted by molar-refractivity contribution is 0.397. The Morgan fingerprint density at radius 1 is 1.15 bits per heavy atom. The Labute approximate surface area is 120 Å². The lowest BCUT2D eigenvalue weighted by atomic mass is 10.1. The van der Waals surface area contributed by atoms with Gasteiger partial charge in [-0.15, -0.1) is 0 Å². The van der Waals surface area contributed by atoms with E-state index < -0.39 is 0 Å². The van der Waals surface area contributed by atoms with E-state index in [1.807, 2.05) is 31.5 Å². The minimum atomic E-state index is 0.368. The molecule has 4 nitrogen and oxygen atoms in total. The molecule has 0 amide bonds. The zero-order chi connectivity index (χ0) is 14.4. The molecule has 2 rings (SSSR count). The van der Waals surface area contributed by atoms with Gasteiger partial charge in [0, 0.05) is 24.5 Å². The van der Waals surface area contributed by atoms with Gasteiger partial charge in [0.25, 0.3) is 0 Å². The van der Waals surface area contributed by atoms with E-state index in [0.29, 0.717) is 11.9 Å². The van der Waals surface area contributed by atoms with Crippen molar-refractivity contribution in [2.75, 3.05) is 12.4 Å². The first kappa shape index (κ1) is 14.3. The zero-order valence-corrected chi connectivity index (χ0v) is 12.3. The highest BCUT2D eigenvalue weighted by molar-refractivity contribution is 5.36. The number of nitrogens with zero attached hydrogens (tertiary/aromatic N) is 2. The number of hydrogen-bond acceptors (Lipinski definition) is 4. The second-order valence-corrected chi connectivity index (χ2v) is 5.01. The summed E-state index contributed by atoms with van der Waals surface area (Å²) in [6.45, 7) is 4.20. The summed E-state index contributed by atoms with van der Waals surface area (Å²) >= 11 is 0. The van der Waals surface area contributed by atoms with Gasteiger partial charge in [-0.25, -0.2) is 9.97 Å². The van der Waals surface area contributed by atoms with Gasteiger partial charge in [-0.2, -0.15) is 0 Å². The first-order chi connectivity index (χ1) is 9.67. The molecule has 1 unspecified atom stereocenters. The molecular formula is C16H21N3O. The van der Waals surface area contributed by atoms with E-state index in [2.05, 4.69) is 34.3 Å². The average Bonchev–Trinajstić information content (AvgIpc) is 2.48. The van der Waals surface area contributed by atoms with Crippen LogP contribution in [0.4, 0.5) is 5.82 Å². The third-order valence-corrected chi connectivity index (χ3v) is 3.18. The van der Waals surface area contributed by atoms with E-state index >= 15 is 0 Å². The van der Waals surface area contributed by atoms with E-state index in [9.17, 15) is 0 Å². The van der Waals surface area contributed by atoms with Gasteiger partial charge in [-0.1, -0.05) is 12.1 Å². The molecule has 0 aromatic carbocycles. The molecule has 0 aliphatic carbocycles. The summed E-state index contributed by atoms with van der Waals surface area (Å²) in [5.74, 6) is 1.58. The van der Waals surface area contributed by atoms with Crippen LogP contribution in [0.1, 0.15) is 24.5 Å². The summed E-state index contributed by atoms with van der Waals surface area (Å²) in [5, 5.41) is 3.41. The van der Waals surface area contributed by atoms with Crippen LogP contribution in [0.5, 0.6) is 5.88 Å². The molecule has 2 heterocycles. The Kier molecular flexibility index (Phi) is 4.93. The normalized spacial score (nSPS) is 11.9. The van der Waals surface area contributed by atoms with Crippen molar-refractivity contribution in [2.45, 2.75) is 32.7 Å². The van der Waals surface area contributed by atoms with Gasteiger partial charge in [0.2, 0.25) is 5.88 Å². The van der Waals surface area contributed by atoms with Crippen LogP contribution in [0.15, 0.2) is 36.7 Å². The maximum absolute atomic E-state index is 5.05. The summed E-state index contributed by atoms with van der Waals surface area (Å²) in [5.41, 5.74) is 2.39. The van der Waals surface area contributed by atoms with Crippen molar-refractivity contribution < 1.29 is 4.74 Å². The van der Waals surface area contributed by atoms with Crippen LogP contribution >= 0.6 is 0 Å². The molecule has 0 bridgehead atoms. The molecule has 1 N–H and O–H groups in total. The van der Waals surface area contributed by atoms with Gasteiger partial charge in [0.05, 0.1) is 7.11 Å². The number of aromatic nitrogens is 2. The molecule has 0 aliphatic heterocycles. The summed E-state index contributed by atoms with van der Waals surface area (Å²) in [6, 6.07) is 8.40. The summed E-state index contributed by atoms with van der Waals surface area (Å²) in [4.78, 5) is 8.57. The number of pyridine rings is 2. The van der Waals surface area contributed by atoms with Gasteiger partial charge in [0.15, 0.2) is 0 Å². The minimum Gasteiger partial charge on any atom is -0.481 e. The number of rotatable bonds is 6. The second kappa shape index (κ2) is 6.89.